The van der Waals surface area contributed by atoms with Crippen molar-refractivity contribution in [1.29, 1.82) is 0 Å². The zero-order valence-electron chi connectivity index (χ0n) is 10.6. The molecule has 0 atom stereocenters. The van der Waals surface area contributed by atoms with Crippen LogP contribution in [-0.4, -0.2) is 19.6 Å². The van der Waals surface area contributed by atoms with Crippen LogP contribution in [0, 0.1) is 4.64 Å². The second-order valence-corrected chi connectivity index (χ2v) is 4.86. The van der Waals surface area contributed by atoms with Crippen molar-refractivity contribution < 1.29 is 0 Å². The van der Waals surface area contributed by atoms with E-state index in [0.717, 1.165) is 40.1 Å². The van der Waals surface area contributed by atoms with E-state index in [4.69, 9.17) is 12.2 Å². The zero-order chi connectivity index (χ0) is 13.2. The number of aryl methyl sites for hydroxylation is 1. The molecule has 1 N–H and O–H groups in total. The smallest absolute Gasteiger partial charge is 0.155 e. The Morgan fingerprint density at radius 2 is 2.26 bits per heavy atom. The van der Waals surface area contributed by atoms with Crippen LogP contribution in [-0.2, 0) is 6.42 Å². The van der Waals surface area contributed by atoms with Gasteiger partial charge in [0, 0.05) is 29.7 Å². The highest BCUT2D eigenvalue weighted by Gasteiger charge is 2.06. The van der Waals surface area contributed by atoms with Gasteiger partial charge in [0.2, 0.25) is 0 Å². The summed E-state index contributed by atoms with van der Waals surface area (Å²) in [5.41, 5.74) is 3.90. The summed E-state index contributed by atoms with van der Waals surface area (Å²) in [6.07, 6.45) is 5.60. The minimum atomic E-state index is 0.753. The fourth-order valence-electron chi connectivity index (χ4n) is 2.09. The summed E-state index contributed by atoms with van der Waals surface area (Å²) >= 11 is 5.39. The lowest BCUT2D eigenvalue weighted by Crippen LogP contribution is -1.96. The van der Waals surface area contributed by atoms with Crippen LogP contribution in [0.5, 0.6) is 0 Å². The summed E-state index contributed by atoms with van der Waals surface area (Å²) < 4.78 is 2.58. The third-order valence-electron chi connectivity index (χ3n) is 2.98. The lowest BCUT2D eigenvalue weighted by Gasteiger charge is -1.99. The van der Waals surface area contributed by atoms with Crippen LogP contribution in [0.3, 0.4) is 0 Å². The first kappa shape index (κ1) is 12.0. The second kappa shape index (κ2) is 4.93. The van der Waals surface area contributed by atoms with E-state index in [1.165, 1.54) is 0 Å². The third kappa shape index (κ3) is 2.29. The number of hydrogen-bond acceptors (Lipinski definition) is 3. The summed E-state index contributed by atoms with van der Waals surface area (Å²) in [4.78, 5) is 8.74. The molecule has 0 saturated heterocycles. The molecule has 0 fully saturated rings. The van der Waals surface area contributed by atoms with Gasteiger partial charge in [0.15, 0.2) is 5.65 Å². The van der Waals surface area contributed by atoms with E-state index in [9.17, 15) is 0 Å². The van der Waals surface area contributed by atoms with Crippen molar-refractivity contribution in [2.45, 2.75) is 19.8 Å². The molecule has 0 aliphatic carbocycles. The molecule has 0 radical (unpaired) electrons. The number of nitrogens with one attached hydrogen (secondary N) is 1. The van der Waals surface area contributed by atoms with Crippen molar-refractivity contribution in [3.63, 3.8) is 0 Å². The highest BCUT2D eigenvalue weighted by molar-refractivity contribution is 7.71. The van der Waals surface area contributed by atoms with Crippen molar-refractivity contribution in [2.75, 3.05) is 0 Å². The van der Waals surface area contributed by atoms with Gasteiger partial charge in [-0.2, -0.15) is 0 Å². The van der Waals surface area contributed by atoms with E-state index in [-0.39, 0.29) is 0 Å². The molecule has 0 bridgehead atoms. The molecule has 3 aromatic rings. The Bertz CT molecular complexity index is 758. The van der Waals surface area contributed by atoms with Gasteiger partial charge >= 0.3 is 0 Å². The number of fused-ring (bicyclic) bond motifs is 1. The molecule has 3 heterocycles. The van der Waals surface area contributed by atoms with Crippen molar-refractivity contribution >= 4 is 17.9 Å². The molecule has 19 heavy (non-hydrogen) atoms. The van der Waals surface area contributed by atoms with Crippen molar-refractivity contribution in [3.8, 4) is 11.3 Å². The third-order valence-corrected chi connectivity index (χ3v) is 3.28. The monoisotopic (exact) mass is 270 g/mol. The fraction of sp³-hybridized carbons (Fsp3) is 0.214. The van der Waals surface area contributed by atoms with E-state index >= 15 is 0 Å². The zero-order valence-corrected chi connectivity index (χ0v) is 11.4. The maximum absolute atomic E-state index is 5.39. The molecule has 0 saturated carbocycles. The lowest BCUT2D eigenvalue weighted by atomic mass is 10.2. The maximum Gasteiger partial charge on any atom is 0.155 e. The molecule has 0 aromatic carbocycles. The average Bonchev–Trinajstić information content (AvgIpc) is 2.85. The molecule has 5 heteroatoms. The molecule has 96 valence electrons. The first-order chi connectivity index (χ1) is 9.28. The van der Waals surface area contributed by atoms with Gasteiger partial charge in [-0.1, -0.05) is 25.6 Å². The van der Waals surface area contributed by atoms with Crippen LogP contribution in [0.2, 0.25) is 0 Å². The molecule has 0 spiro atoms. The van der Waals surface area contributed by atoms with Gasteiger partial charge in [0.1, 0.15) is 4.64 Å². The molecule has 0 amide bonds. The molecular formula is C14H14N4S. The van der Waals surface area contributed by atoms with Crippen LogP contribution in [0.1, 0.15) is 19.0 Å². The molecule has 0 unspecified atom stereocenters. The molecule has 3 rings (SSSR count). The number of nitrogens with zero attached hydrogens (tertiary/aromatic N) is 3. The predicted molar refractivity (Wildman–Crippen MR) is 77.6 cm³/mol. The first-order valence-electron chi connectivity index (χ1n) is 6.30. The van der Waals surface area contributed by atoms with Gasteiger partial charge in [0.05, 0.1) is 5.69 Å². The van der Waals surface area contributed by atoms with Crippen LogP contribution < -0.4 is 0 Å². The molecule has 4 nitrogen and oxygen atoms in total. The van der Waals surface area contributed by atoms with Gasteiger partial charge in [-0.15, -0.1) is 0 Å². The van der Waals surface area contributed by atoms with Gasteiger partial charge in [-0.3, -0.25) is 10.1 Å². The number of aromatic nitrogens is 4. The van der Waals surface area contributed by atoms with Crippen LogP contribution in [0.25, 0.3) is 16.9 Å². The molecule has 3 aromatic heterocycles. The largest absolute Gasteiger partial charge is 0.291 e. The van der Waals surface area contributed by atoms with Crippen LogP contribution in [0.4, 0.5) is 0 Å². The Morgan fingerprint density at radius 3 is 3.00 bits per heavy atom. The number of rotatable bonds is 3. The normalized spacial score (nSPS) is 11.0. The standard InChI is InChI=1S/C14H14N4S/c1-2-4-11-7-14(19)18-13(16-11)8-12(17-18)10-5-3-6-15-9-10/h3,5-9,17H,2,4H2,1H3. The first-order valence-corrected chi connectivity index (χ1v) is 6.71. The minimum Gasteiger partial charge on any atom is -0.291 e. The SMILES string of the molecule is CCCc1cc(=S)n2[nH]c(-c3cccnc3)cc2n1. The lowest BCUT2D eigenvalue weighted by molar-refractivity contribution is 0.853. The van der Waals surface area contributed by atoms with Crippen molar-refractivity contribution in [3.05, 3.63) is 47.0 Å². The van der Waals surface area contributed by atoms with Crippen molar-refractivity contribution in [2.24, 2.45) is 0 Å². The number of hydrogen-bond donors (Lipinski definition) is 1. The highest BCUT2D eigenvalue weighted by atomic mass is 32.1. The Hall–Kier alpha value is -2.01. The number of H-pyrrole nitrogens is 1. The summed E-state index contributed by atoms with van der Waals surface area (Å²) in [7, 11) is 0. The summed E-state index contributed by atoms with van der Waals surface area (Å²) in [6.45, 7) is 2.14. The second-order valence-electron chi connectivity index (χ2n) is 4.44. The van der Waals surface area contributed by atoms with E-state index in [1.54, 1.807) is 6.20 Å². The quantitative estimate of drug-likeness (QED) is 0.742. The Labute approximate surface area is 116 Å². The predicted octanol–water partition coefficient (Wildman–Crippen LogP) is 3.41. The molecular weight excluding hydrogens is 256 g/mol. The Balaban J connectivity index is 2.16. The van der Waals surface area contributed by atoms with Gasteiger partial charge in [-0.05, 0) is 24.6 Å². The molecule has 0 aliphatic heterocycles. The molecule has 0 aliphatic rings. The number of aromatic amines is 1. The summed E-state index contributed by atoms with van der Waals surface area (Å²) in [5.74, 6) is 0. The van der Waals surface area contributed by atoms with E-state index < -0.39 is 0 Å². The number of pyridine rings is 1. The van der Waals surface area contributed by atoms with Crippen LogP contribution >= 0.6 is 12.2 Å². The highest BCUT2D eigenvalue weighted by Crippen LogP contribution is 2.18. The fourth-order valence-corrected chi connectivity index (χ4v) is 2.37. The Kier molecular flexibility index (Phi) is 3.13. The van der Waals surface area contributed by atoms with Gasteiger partial charge in [-0.25, -0.2) is 9.50 Å². The van der Waals surface area contributed by atoms with Gasteiger partial charge < -0.3 is 0 Å². The van der Waals surface area contributed by atoms with Gasteiger partial charge in [0.25, 0.3) is 0 Å². The van der Waals surface area contributed by atoms with Crippen LogP contribution in [0.15, 0.2) is 36.7 Å². The van der Waals surface area contributed by atoms with E-state index in [1.807, 2.05) is 35.0 Å². The minimum absolute atomic E-state index is 0.753. The maximum atomic E-state index is 5.39. The summed E-state index contributed by atoms with van der Waals surface area (Å²) in [5, 5.41) is 3.26. The van der Waals surface area contributed by atoms with E-state index in [2.05, 4.69) is 22.0 Å². The Morgan fingerprint density at radius 1 is 1.37 bits per heavy atom. The summed E-state index contributed by atoms with van der Waals surface area (Å²) in [6, 6.07) is 7.88. The van der Waals surface area contributed by atoms with E-state index in [0.29, 0.717) is 0 Å². The topological polar surface area (TPSA) is 46.0 Å². The average molecular weight is 270 g/mol. The van der Waals surface area contributed by atoms with Crippen molar-refractivity contribution in [1.82, 2.24) is 19.6 Å².